The van der Waals surface area contributed by atoms with Crippen LogP contribution in [0.15, 0.2) is 29.1 Å². The number of H-pyrrole nitrogens is 1. The Kier molecular flexibility index (Phi) is 2.65. The SMILES string of the molecule is O=c1nc2ccccc2c(CC2CCNC2)[nH]1. The van der Waals surface area contributed by atoms with Gasteiger partial charge in [0.2, 0.25) is 0 Å². The van der Waals surface area contributed by atoms with Gasteiger partial charge in [-0.1, -0.05) is 18.2 Å². The lowest BCUT2D eigenvalue weighted by atomic mass is 10.00. The van der Waals surface area contributed by atoms with Crippen molar-refractivity contribution in [3.8, 4) is 0 Å². The van der Waals surface area contributed by atoms with E-state index in [2.05, 4.69) is 15.3 Å². The van der Waals surface area contributed by atoms with Gasteiger partial charge in [-0.15, -0.1) is 0 Å². The summed E-state index contributed by atoms with van der Waals surface area (Å²) in [5, 5.41) is 4.42. The summed E-state index contributed by atoms with van der Waals surface area (Å²) in [6.07, 6.45) is 2.10. The summed E-state index contributed by atoms with van der Waals surface area (Å²) in [6, 6.07) is 7.81. The summed E-state index contributed by atoms with van der Waals surface area (Å²) in [5.41, 5.74) is 1.57. The summed E-state index contributed by atoms with van der Waals surface area (Å²) < 4.78 is 0. The van der Waals surface area contributed by atoms with E-state index in [1.807, 2.05) is 24.3 Å². The molecule has 4 heteroatoms. The number of hydrogen-bond acceptors (Lipinski definition) is 3. The van der Waals surface area contributed by atoms with E-state index >= 15 is 0 Å². The zero-order chi connectivity index (χ0) is 11.7. The van der Waals surface area contributed by atoms with Crippen molar-refractivity contribution in [3.05, 3.63) is 40.4 Å². The van der Waals surface area contributed by atoms with E-state index in [1.165, 1.54) is 6.42 Å². The van der Waals surface area contributed by atoms with E-state index in [9.17, 15) is 4.79 Å². The Morgan fingerprint density at radius 3 is 3.06 bits per heavy atom. The Balaban J connectivity index is 2.04. The number of fused-ring (bicyclic) bond motifs is 1. The first-order chi connectivity index (χ1) is 8.33. The van der Waals surface area contributed by atoms with Crippen molar-refractivity contribution >= 4 is 10.9 Å². The van der Waals surface area contributed by atoms with Gasteiger partial charge in [0.25, 0.3) is 0 Å². The van der Waals surface area contributed by atoms with Crippen LogP contribution in [0.25, 0.3) is 10.9 Å². The van der Waals surface area contributed by atoms with Gasteiger partial charge in [-0.05, 0) is 37.9 Å². The van der Waals surface area contributed by atoms with Gasteiger partial charge < -0.3 is 10.3 Å². The molecule has 1 unspecified atom stereocenters. The van der Waals surface area contributed by atoms with Gasteiger partial charge in [-0.2, -0.15) is 4.98 Å². The fraction of sp³-hybridized carbons (Fsp3) is 0.385. The second kappa shape index (κ2) is 4.30. The molecule has 0 aliphatic carbocycles. The fourth-order valence-corrected chi connectivity index (χ4v) is 2.50. The van der Waals surface area contributed by atoms with Crippen molar-refractivity contribution in [2.75, 3.05) is 13.1 Å². The van der Waals surface area contributed by atoms with E-state index in [-0.39, 0.29) is 5.69 Å². The molecule has 88 valence electrons. The Hall–Kier alpha value is -1.68. The van der Waals surface area contributed by atoms with Gasteiger partial charge in [0.05, 0.1) is 5.52 Å². The number of nitrogens with zero attached hydrogens (tertiary/aromatic N) is 1. The second-order valence-electron chi connectivity index (χ2n) is 4.60. The molecule has 4 nitrogen and oxygen atoms in total. The van der Waals surface area contributed by atoms with E-state index in [1.54, 1.807) is 0 Å². The van der Waals surface area contributed by atoms with Crippen LogP contribution >= 0.6 is 0 Å². The number of benzene rings is 1. The second-order valence-corrected chi connectivity index (χ2v) is 4.60. The van der Waals surface area contributed by atoms with Crippen molar-refractivity contribution in [3.63, 3.8) is 0 Å². The number of rotatable bonds is 2. The molecular weight excluding hydrogens is 214 g/mol. The molecule has 1 atom stereocenters. The number of para-hydroxylation sites is 1. The molecule has 0 radical (unpaired) electrons. The lowest BCUT2D eigenvalue weighted by Crippen LogP contribution is -2.17. The minimum atomic E-state index is -0.246. The smallest absolute Gasteiger partial charge is 0.316 e. The predicted molar refractivity (Wildman–Crippen MR) is 67.0 cm³/mol. The van der Waals surface area contributed by atoms with Crippen LogP contribution in [0.2, 0.25) is 0 Å². The van der Waals surface area contributed by atoms with Gasteiger partial charge in [0.15, 0.2) is 0 Å². The maximum Gasteiger partial charge on any atom is 0.345 e. The Morgan fingerprint density at radius 1 is 1.35 bits per heavy atom. The topological polar surface area (TPSA) is 57.8 Å². The van der Waals surface area contributed by atoms with Crippen molar-refractivity contribution in [2.45, 2.75) is 12.8 Å². The van der Waals surface area contributed by atoms with Gasteiger partial charge in [-0.3, -0.25) is 0 Å². The standard InChI is InChI=1S/C13H15N3O/c17-13-15-11-4-2-1-3-10(11)12(16-13)7-9-5-6-14-8-9/h1-4,9,14H,5-8H2,(H,15,16,17). The van der Waals surface area contributed by atoms with E-state index in [4.69, 9.17) is 0 Å². The summed E-state index contributed by atoms with van der Waals surface area (Å²) in [4.78, 5) is 18.4. The molecule has 2 N–H and O–H groups in total. The third-order valence-electron chi connectivity index (χ3n) is 3.36. The number of aromatic amines is 1. The molecule has 1 aliphatic heterocycles. The predicted octanol–water partition coefficient (Wildman–Crippen LogP) is 1.08. The van der Waals surface area contributed by atoms with Crippen LogP contribution in [0.5, 0.6) is 0 Å². The summed E-state index contributed by atoms with van der Waals surface area (Å²) in [6.45, 7) is 2.12. The van der Waals surface area contributed by atoms with E-state index in [0.717, 1.165) is 36.1 Å². The zero-order valence-electron chi connectivity index (χ0n) is 9.57. The number of aromatic nitrogens is 2. The molecule has 17 heavy (non-hydrogen) atoms. The van der Waals surface area contributed by atoms with Crippen molar-refractivity contribution in [1.82, 2.24) is 15.3 Å². The van der Waals surface area contributed by atoms with Crippen LogP contribution in [0.3, 0.4) is 0 Å². The Labute approximate surface area is 99.1 Å². The largest absolute Gasteiger partial charge is 0.345 e. The molecule has 2 aromatic rings. The monoisotopic (exact) mass is 229 g/mol. The summed E-state index contributed by atoms with van der Waals surface area (Å²) in [5.74, 6) is 0.622. The molecule has 3 rings (SSSR count). The quantitative estimate of drug-likeness (QED) is 0.810. The van der Waals surface area contributed by atoms with E-state index < -0.39 is 0 Å². The van der Waals surface area contributed by atoms with Crippen LogP contribution < -0.4 is 11.0 Å². The van der Waals surface area contributed by atoms with Crippen LogP contribution in [-0.2, 0) is 6.42 Å². The molecule has 0 amide bonds. The highest BCUT2D eigenvalue weighted by molar-refractivity contribution is 5.80. The molecule has 1 aliphatic rings. The zero-order valence-corrected chi connectivity index (χ0v) is 9.57. The van der Waals surface area contributed by atoms with Crippen molar-refractivity contribution in [2.24, 2.45) is 5.92 Å². The molecule has 2 heterocycles. The number of hydrogen-bond donors (Lipinski definition) is 2. The maximum atomic E-state index is 11.5. The van der Waals surface area contributed by atoms with Crippen LogP contribution in [-0.4, -0.2) is 23.1 Å². The number of nitrogens with one attached hydrogen (secondary N) is 2. The minimum absolute atomic E-state index is 0.246. The first-order valence-corrected chi connectivity index (χ1v) is 6.01. The fourth-order valence-electron chi connectivity index (χ4n) is 2.50. The third kappa shape index (κ3) is 2.08. The minimum Gasteiger partial charge on any atom is -0.316 e. The Morgan fingerprint density at radius 2 is 2.24 bits per heavy atom. The van der Waals surface area contributed by atoms with Gasteiger partial charge >= 0.3 is 5.69 Å². The maximum absolute atomic E-state index is 11.5. The van der Waals surface area contributed by atoms with Gasteiger partial charge in [0.1, 0.15) is 0 Å². The summed E-state index contributed by atoms with van der Waals surface area (Å²) in [7, 11) is 0. The normalized spacial score (nSPS) is 19.9. The van der Waals surface area contributed by atoms with Gasteiger partial charge in [0, 0.05) is 11.1 Å². The molecule has 0 saturated carbocycles. The molecule has 1 aromatic carbocycles. The highest BCUT2D eigenvalue weighted by atomic mass is 16.1. The molecule has 0 spiro atoms. The highest BCUT2D eigenvalue weighted by Crippen LogP contribution is 2.19. The first kappa shape index (κ1) is 10.5. The molecular formula is C13H15N3O. The van der Waals surface area contributed by atoms with Crippen LogP contribution in [0, 0.1) is 5.92 Å². The molecule has 0 bridgehead atoms. The average molecular weight is 229 g/mol. The molecule has 1 fully saturated rings. The molecule has 1 aromatic heterocycles. The van der Waals surface area contributed by atoms with E-state index in [0.29, 0.717) is 5.92 Å². The third-order valence-corrected chi connectivity index (χ3v) is 3.36. The van der Waals surface area contributed by atoms with Crippen LogP contribution in [0.4, 0.5) is 0 Å². The van der Waals surface area contributed by atoms with Crippen LogP contribution in [0.1, 0.15) is 12.1 Å². The average Bonchev–Trinajstić information content (AvgIpc) is 2.81. The summed E-state index contributed by atoms with van der Waals surface area (Å²) >= 11 is 0. The first-order valence-electron chi connectivity index (χ1n) is 6.01. The lowest BCUT2D eigenvalue weighted by Gasteiger charge is -2.10. The Bertz CT molecular complexity index is 584. The van der Waals surface area contributed by atoms with Crippen molar-refractivity contribution < 1.29 is 0 Å². The highest BCUT2D eigenvalue weighted by Gasteiger charge is 2.16. The lowest BCUT2D eigenvalue weighted by molar-refractivity contribution is 0.573. The van der Waals surface area contributed by atoms with Crippen molar-refractivity contribution in [1.29, 1.82) is 0 Å². The van der Waals surface area contributed by atoms with Gasteiger partial charge in [-0.25, -0.2) is 4.79 Å². The molecule has 1 saturated heterocycles.